The third kappa shape index (κ3) is 4.25. The first-order chi connectivity index (χ1) is 13.3. The number of benzene rings is 1. The van der Waals surface area contributed by atoms with Crippen molar-refractivity contribution in [2.75, 3.05) is 40.4 Å². The smallest absolute Gasteiger partial charge is 0.126 e. The Kier molecular flexibility index (Phi) is 5.60. The number of aromatic nitrogens is 1. The third-order valence-corrected chi connectivity index (χ3v) is 5.49. The van der Waals surface area contributed by atoms with Crippen LogP contribution in [0.5, 0.6) is 11.5 Å². The van der Waals surface area contributed by atoms with Crippen LogP contribution in [-0.2, 0) is 6.54 Å². The van der Waals surface area contributed by atoms with Crippen LogP contribution in [0, 0.1) is 0 Å². The summed E-state index contributed by atoms with van der Waals surface area (Å²) in [6.07, 6.45) is 5.54. The third-order valence-electron chi connectivity index (χ3n) is 5.49. The number of hydrogen-bond acceptors (Lipinski definition) is 5. The molecule has 1 saturated heterocycles. The molecule has 1 aromatic heterocycles. The molecule has 0 atom stereocenters. The van der Waals surface area contributed by atoms with E-state index in [9.17, 15) is 0 Å². The van der Waals surface area contributed by atoms with Crippen LogP contribution < -0.4 is 14.8 Å². The molecule has 1 aliphatic heterocycles. The van der Waals surface area contributed by atoms with E-state index in [1.807, 2.05) is 6.20 Å². The number of ether oxygens (including phenoxy) is 2. The maximum Gasteiger partial charge on any atom is 0.126 e. The number of pyridine rings is 1. The van der Waals surface area contributed by atoms with Crippen molar-refractivity contribution in [3.8, 4) is 22.8 Å². The molecule has 0 amide bonds. The second kappa shape index (κ2) is 8.28. The average molecular weight is 367 g/mol. The number of hydrogen-bond donors (Lipinski definition) is 1. The average Bonchev–Trinajstić information content (AvgIpc) is 3.55. The summed E-state index contributed by atoms with van der Waals surface area (Å²) in [4.78, 5) is 7.13. The lowest BCUT2D eigenvalue weighted by Gasteiger charge is -2.20. The molecule has 5 nitrogen and oxygen atoms in total. The second-order valence-electron chi connectivity index (χ2n) is 7.50. The van der Waals surface area contributed by atoms with Gasteiger partial charge in [-0.25, -0.2) is 0 Å². The summed E-state index contributed by atoms with van der Waals surface area (Å²) < 4.78 is 11.4. The van der Waals surface area contributed by atoms with Gasteiger partial charge < -0.3 is 14.8 Å². The molecule has 2 aromatic rings. The fraction of sp³-hybridized carbons (Fsp3) is 0.500. The SMILES string of the molecule is COc1cc(-c2cc(CN3CCCNCC3)ccn2)cc(OC)c1C1CC1. The molecule has 2 heterocycles. The van der Waals surface area contributed by atoms with E-state index in [1.54, 1.807) is 14.2 Å². The molecule has 0 spiro atoms. The lowest BCUT2D eigenvalue weighted by molar-refractivity contribution is 0.284. The van der Waals surface area contributed by atoms with Gasteiger partial charge in [0, 0.05) is 37.0 Å². The van der Waals surface area contributed by atoms with Gasteiger partial charge in [0.2, 0.25) is 0 Å². The molecule has 0 unspecified atom stereocenters. The topological polar surface area (TPSA) is 46.6 Å². The van der Waals surface area contributed by atoms with Crippen LogP contribution in [0.25, 0.3) is 11.3 Å². The minimum absolute atomic E-state index is 0.569. The van der Waals surface area contributed by atoms with Crippen LogP contribution in [0.1, 0.15) is 36.3 Å². The summed E-state index contributed by atoms with van der Waals surface area (Å²) in [6.45, 7) is 5.38. The van der Waals surface area contributed by atoms with Crippen molar-refractivity contribution in [2.24, 2.45) is 0 Å². The largest absolute Gasteiger partial charge is 0.496 e. The molecule has 27 heavy (non-hydrogen) atoms. The molecule has 0 radical (unpaired) electrons. The zero-order chi connectivity index (χ0) is 18.6. The first-order valence-corrected chi connectivity index (χ1v) is 9.93. The highest BCUT2D eigenvalue weighted by Gasteiger charge is 2.30. The molecular weight excluding hydrogens is 338 g/mol. The molecular formula is C22H29N3O2. The molecule has 4 rings (SSSR count). The number of methoxy groups -OCH3 is 2. The standard InChI is InChI=1S/C22H29N3O2/c1-26-20-13-18(14-21(27-2)22(20)17-4-5-17)19-12-16(6-8-24-19)15-25-10-3-7-23-9-11-25/h6,8,12-14,17,23H,3-5,7,9-11,15H2,1-2H3. The van der Waals surface area contributed by atoms with Gasteiger partial charge in [0.1, 0.15) is 11.5 Å². The Morgan fingerprint density at radius 2 is 1.85 bits per heavy atom. The number of rotatable bonds is 6. The summed E-state index contributed by atoms with van der Waals surface area (Å²) in [7, 11) is 3.48. The second-order valence-corrected chi connectivity index (χ2v) is 7.50. The quantitative estimate of drug-likeness (QED) is 0.847. The van der Waals surface area contributed by atoms with Crippen LogP contribution in [0.2, 0.25) is 0 Å². The van der Waals surface area contributed by atoms with E-state index < -0.39 is 0 Å². The molecule has 144 valence electrons. The molecule has 1 aromatic carbocycles. The van der Waals surface area contributed by atoms with Gasteiger partial charge in [-0.2, -0.15) is 0 Å². The maximum atomic E-state index is 5.69. The van der Waals surface area contributed by atoms with Gasteiger partial charge in [0.05, 0.1) is 19.9 Å². The van der Waals surface area contributed by atoms with Crippen molar-refractivity contribution in [1.29, 1.82) is 0 Å². The van der Waals surface area contributed by atoms with E-state index in [2.05, 4.69) is 39.5 Å². The Morgan fingerprint density at radius 1 is 1.07 bits per heavy atom. The minimum Gasteiger partial charge on any atom is -0.496 e. The van der Waals surface area contributed by atoms with Crippen molar-refractivity contribution < 1.29 is 9.47 Å². The van der Waals surface area contributed by atoms with Crippen molar-refractivity contribution in [2.45, 2.75) is 31.7 Å². The lowest BCUT2D eigenvalue weighted by Crippen LogP contribution is -2.27. The molecule has 0 bridgehead atoms. The van der Waals surface area contributed by atoms with E-state index in [1.165, 1.54) is 30.4 Å². The van der Waals surface area contributed by atoms with Crippen LogP contribution in [0.15, 0.2) is 30.5 Å². The van der Waals surface area contributed by atoms with Crippen molar-refractivity contribution >= 4 is 0 Å². The Balaban J connectivity index is 1.61. The van der Waals surface area contributed by atoms with Crippen LogP contribution >= 0.6 is 0 Å². The number of nitrogens with zero attached hydrogens (tertiary/aromatic N) is 2. The van der Waals surface area contributed by atoms with Gasteiger partial charge >= 0.3 is 0 Å². The summed E-state index contributed by atoms with van der Waals surface area (Å²) in [6, 6.07) is 8.54. The van der Waals surface area contributed by atoms with Crippen molar-refractivity contribution in [1.82, 2.24) is 15.2 Å². The predicted molar refractivity (Wildman–Crippen MR) is 108 cm³/mol. The first kappa shape index (κ1) is 18.3. The minimum atomic E-state index is 0.569. The normalized spacial score (nSPS) is 18.1. The number of nitrogens with one attached hydrogen (secondary N) is 1. The lowest BCUT2D eigenvalue weighted by atomic mass is 10.0. The Hall–Kier alpha value is -2.11. The molecule has 1 N–H and O–H groups in total. The van der Waals surface area contributed by atoms with Gasteiger partial charge in [-0.15, -0.1) is 0 Å². The fourth-order valence-corrected chi connectivity index (χ4v) is 3.91. The van der Waals surface area contributed by atoms with E-state index in [0.29, 0.717) is 5.92 Å². The highest BCUT2D eigenvalue weighted by molar-refractivity contribution is 5.67. The van der Waals surface area contributed by atoms with Crippen LogP contribution in [0.3, 0.4) is 0 Å². The zero-order valence-corrected chi connectivity index (χ0v) is 16.3. The van der Waals surface area contributed by atoms with Gasteiger partial charge in [0.15, 0.2) is 0 Å². The Labute approximate surface area is 161 Å². The highest BCUT2D eigenvalue weighted by Crippen LogP contribution is 2.50. The van der Waals surface area contributed by atoms with Crippen molar-refractivity contribution in [3.63, 3.8) is 0 Å². The Morgan fingerprint density at radius 3 is 2.56 bits per heavy atom. The van der Waals surface area contributed by atoms with E-state index >= 15 is 0 Å². The van der Waals surface area contributed by atoms with Crippen LogP contribution in [-0.4, -0.2) is 50.3 Å². The van der Waals surface area contributed by atoms with Gasteiger partial charge in [-0.1, -0.05) is 0 Å². The summed E-state index contributed by atoms with van der Waals surface area (Å²) in [5.41, 5.74) is 4.52. The Bertz CT molecular complexity index is 756. The fourth-order valence-electron chi connectivity index (χ4n) is 3.91. The van der Waals surface area contributed by atoms with Gasteiger partial charge in [-0.05, 0) is 68.1 Å². The van der Waals surface area contributed by atoms with Gasteiger partial charge in [0.25, 0.3) is 0 Å². The zero-order valence-electron chi connectivity index (χ0n) is 16.3. The molecule has 2 fully saturated rings. The maximum absolute atomic E-state index is 5.69. The molecule has 2 aliphatic rings. The van der Waals surface area contributed by atoms with Gasteiger partial charge in [-0.3, -0.25) is 9.88 Å². The molecule has 1 aliphatic carbocycles. The van der Waals surface area contributed by atoms with E-state index in [0.717, 1.165) is 55.5 Å². The predicted octanol–water partition coefficient (Wildman–Crippen LogP) is 3.44. The van der Waals surface area contributed by atoms with E-state index in [4.69, 9.17) is 9.47 Å². The summed E-state index contributed by atoms with van der Waals surface area (Å²) >= 11 is 0. The van der Waals surface area contributed by atoms with E-state index in [-0.39, 0.29) is 0 Å². The summed E-state index contributed by atoms with van der Waals surface area (Å²) in [5.74, 6) is 2.40. The molecule has 5 heteroatoms. The first-order valence-electron chi connectivity index (χ1n) is 9.93. The highest BCUT2D eigenvalue weighted by atomic mass is 16.5. The van der Waals surface area contributed by atoms with Crippen LogP contribution in [0.4, 0.5) is 0 Å². The van der Waals surface area contributed by atoms with Crippen molar-refractivity contribution in [3.05, 3.63) is 41.6 Å². The summed E-state index contributed by atoms with van der Waals surface area (Å²) in [5, 5.41) is 3.46. The monoisotopic (exact) mass is 367 g/mol. The molecule has 1 saturated carbocycles.